The monoisotopic (exact) mass is 374 g/mol. The standard InChI is InChI=1S/C21H26O6/c1-6-9-20-10-7-8-17(22)21(20,23)27-18(13(20)2)14-11-15(24-3)19(26-5)16(12-14)25-4/h6-8,11-13,18,23H,1,9-10H2,2-5H3/t13-,18-,20-,21-/m1/s1. The third-order valence-electron chi connectivity index (χ3n) is 5.91. The summed E-state index contributed by atoms with van der Waals surface area (Å²) in [6, 6.07) is 3.59. The normalized spacial score (nSPS) is 32.1. The van der Waals surface area contributed by atoms with Crippen LogP contribution in [0.4, 0.5) is 0 Å². The average molecular weight is 374 g/mol. The Morgan fingerprint density at radius 1 is 1.26 bits per heavy atom. The summed E-state index contributed by atoms with van der Waals surface area (Å²) in [5.74, 6) is -1.02. The molecular formula is C21H26O6. The summed E-state index contributed by atoms with van der Waals surface area (Å²) in [6.45, 7) is 5.81. The molecule has 1 fully saturated rings. The van der Waals surface area contributed by atoms with Crippen LogP contribution in [0.5, 0.6) is 17.2 Å². The molecule has 3 rings (SSSR count). The van der Waals surface area contributed by atoms with Crippen molar-refractivity contribution in [2.45, 2.75) is 31.7 Å². The molecule has 1 aliphatic carbocycles. The molecule has 0 aromatic heterocycles. The van der Waals surface area contributed by atoms with Crippen molar-refractivity contribution in [3.8, 4) is 17.2 Å². The molecule has 27 heavy (non-hydrogen) atoms. The van der Waals surface area contributed by atoms with Gasteiger partial charge in [0, 0.05) is 5.41 Å². The maximum atomic E-state index is 12.6. The SMILES string of the molecule is C=CC[C@]12CC=CC(=O)[C@@]1(O)O[C@@H](c1cc(OC)c(OC)c(OC)c1)[C@H]2C. The highest BCUT2D eigenvalue weighted by molar-refractivity contribution is 5.97. The van der Waals surface area contributed by atoms with Gasteiger partial charge in [0.2, 0.25) is 17.3 Å². The van der Waals surface area contributed by atoms with Crippen molar-refractivity contribution in [1.82, 2.24) is 0 Å². The van der Waals surface area contributed by atoms with Crippen LogP contribution < -0.4 is 14.2 Å². The molecule has 146 valence electrons. The number of ether oxygens (including phenoxy) is 4. The Balaban J connectivity index is 2.12. The number of hydrogen-bond donors (Lipinski definition) is 1. The fourth-order valence-corrected chi connectivity index (χ4v) is 4.41. The lowest BCUT2D eigenvalue weighted by atomic mass is 9.62. The lowest BCUT2D eigenvalue weighted by molar-refractivity contribution is -0.229. The second kappa shape index (κ2) is 7.02. The van der Waals surface area contributed by atoms with E-state index in [9.17, 15) is 9.90 Å². The topological polar surface area (TPSA) is 74.2 Å². The van der Waals surface area contributed by atoms with Gasteiger partial charge in [0.1, 0.15) is 0 Å². The molecule has 1 aliphatic heterocycles. The van der Waals surface area contributed by atoms with Crippen molar-refractivity contribution in [3.63, 3.8) is 0 Å². The molecule has 0 unspecified atom stereocenters. The van der Waals surface area contributed by atoms with Crippen LogP contribution in [0, 0.1) is 11.3 Å². The molecule has 1 aromatic carbocycles. The van der Waals surface area contributed by atoms with Crippen molar-refractivity contribution < 1.29 is 28.8 Å². The summed E-state index contributed by atoms with van der Waals surface area (Å²) in [5, 5.41) is 11.3. The van der Waals surface area contributed by atoms with E-state index in [0.717, 1.165) is 5.56 Å². The first-order valence-electron chi connectivity index (χ1n) is 8.90. The lowest BCUT2D eigenvalue weighted by Crippen LogP contribution is -2.54. The summed E-state index contributed by atoms with van der Waals surface area (Å²) in [4.78, 5) is 12.6. The van der Waals surface area contributed by atoms with Crippen LogP contribution in [0.3, 0.4) is 0 Å². The summed E-state index contributed by atoms with van der Waals surface area (Å²) in [7, 11) is 4.62. The molecular weight excluding hydrogens is 348 g/mol. The Morgan fingerprint density at radius 2 is 1.89 bits per heavy atom. The maximum absolute atomic E-state index is 12.6. The van der Waals surface area contributed by atoms with Crippen molar-refractivity contribution in [1.29, 1.82) is 0 Å². The van der Waals surface area contributed by atoms with E-state index in [4.69, 9.17) is 18.9 Å². The second-order valence-corrected chi connectivity index (χ2v) is 7.05. The number of rotatable bonds is 6. The number of fused-ring (bicyclic) bond motifs is 1. The van der Waals surface area contributed by atoms with Gasteiger partial charge in [-0.15, -0.1) is 6.58 Å². The maximum Gasteiger partial charge on any atom is 0.237 e. The van der Waals surface area contributed by atoms with Crippen LogP contribution >= 0.6 is 0 Å². The van der Waals surface area contributed by atoms with E-state index < -0.39 is 23.1 Å². The molecule has 1 aromatic rings. The Labute approximate surface area is 159 Å². The van der Waals surface area contributed by atoms with Gasteiger partial charge in [-0.3, -0.25) is 4.79 Å². The molecule has 2 aliphatic rings. The van der Waals surface area contributed by atoms with Crippen LogP contribution in [-0.4, -0.2) is 38.0 Å². The molecule has 1 N–H and O–H groups in total. The quantitative estimate of drug-likeness (QED) is 0.771. The predicted molar refractivity (Wildman–Crippen MR) is 100 cm³/mol. The minimum Gasteiger partial charge on any atom is -0.493 e. The zero-order valence-corrected chi connectivity index (χ0v) is 16.2. The molecule has 4 atom stereocenters. The van der Waals surface area contributed by atoms with Gasteiger partial charge in [-0.2, -0.15) is 0 Å². The van der Waals surface area contributed by atoms with Crippen LogP contribution in [0.2, 0.25) is 0 Å². The summed E-state index contributed by atoms with van der Waals surface area (Å²) in [5.41, 5.74) is -0.0258. The average Bonchev–Trinajstić information content (AvgIpc) is 2.90. The molecule has 0 spiro atoms. The summed E-state index contributed by atoms with van der Waals surface area (Å²) >= 11 is 0. The van der Waals surface area contributed by atoms with Gasteiger partial charge < -0.3 is 24.1 Å². The number of ketones is 1. The molecule has 1 heterocycles. The number of carbonyl (C=O) groups excluding carboxylic acids is 1. The smallest absolute Gasteiger partial charge is 0.237 e. The fourth-order valence-electron chi connectivity index (χ4n) is 4.41. The Morgan fingerprint density at radius 3 is 2.41 bits per heavy atom. The van der Waals surface area contributed by atoms with Crippen LogP contribution in [0.1, 0.15) is 31.4 Å². The van der Waals surface area contributed by atoms with Crippen LogP contribution in [-0.2, 0) is 9.53 Å². The van der Waals surface area contributed by atoms with Crippen LogP contribution in [0.15, 0.2) is 36.9 Å². The fraction of sp³-hybridized carbons (Fsp3) is 0.476. The highest BCUT2D eigenvalue weighted by Crippen LogP contribution is 2.61. The van der Waals surface area contributed by atoms with Gasteiger partial charge in [0.05, 0.1) is 27.4 Å². The Kier molecular flexibility index (Phi) is 5.06. The number of allylic oxidation sites excluding steroid dienone is 2. The predicted octanol–water partition coefficient (Wildman–Crippen LogP) is 3.20. The first kappa shape index (κ1) is 19.5. The summed E-state index contributed by atoms with van der Waals surface area (Å²) < 4.78 is 22.3. The van der Waals surface area contributed by atoms with E-state index in [-0.39, 0.29) is 5.92 Å². The van der Waals surface area contributed by atoms with Crippen molar-refractivity contribution in [2.24, 2.45) is 11.3 Å². The van der Waals surface area contributed by atoms with Gasteiger partial charge in [0.25, 0.3) is 0 Å². The number of hydrogen-bond acceptors (Lipinski definition) is 6. The van der Waals surface area contributed by atoms with Crippen LogP contribution in [0.25, 0.3) is 0 Å². The highest BCUT2D eigenvalue weighted by Gasteiger charge is 2.66. The zero-order valence-electron chi connectivity index (χ0n) is 16.2. The first-order valence-corrected chi connectivity index (χ1v) is 8.90. The van der Waals surface area contributed by atoms with Gasteiger partial charge in [-0.1, -0.05) is 19.1 Å². The van der Waals surface area contributed by atoms with E-state index in [1.54, 1.807) is 38.5 Å². The van der Waals surface area contributed by atoms with E-state index in [1.165, 1.54) is 13.2 Å². The van der Waals surface area contributed by atoms with Gasteiger partial charge in [0.15, 0.2) is 11.5 Å². The van der Waals surface area contributed by atoms with E-state index in [2.05, 4.69) is 6.58 Å². The number of benzene rings is 1. The van der Waals surface area contributed by atoms with Gasteiger partial charge in [-0.05, 0) is 42.5 Å². The van der Waals surface area contributed by atoms with Gasteiger partial charge >= 0.3 is 0 Å². The Bertz CT molecular complexity index is 760. The lowest BCUT2D eigenvalue weighted by Gasteiger charge is -2.42. The molecule has 1 saturated heterocycles. The largest absolute Gasteiger partial charge is 0.493 e. The molecule has 6 nitrogen and oxygen atoms in total. The minimum absolute atomic E-state index is 0.155. The Hall–Kier alpha value is -2.31. The third-order valence-corrected chi connectivity index (χ3v) is 5.91. The van der Waals surface area contributed by atoms with Crippen molar-refractivity contribution >= 4 is 5.78 Å². The number of methoxy groups -OCH3 is 3. The van der Waals surface area contributed by atoms with Gasteiger partial charge in [-0.25, -0.2) is 0 Å². The molecule has 6 heteroatoms. The number of aliphatic hydroxyl groups is 1. The highest BCUT2D eigenvalue weighted by atomic mass is 16.6. The molecule has 0 saturated carbocycles. The van der Waals surface area contributed by atoms with Crippen molar-refractivity contribution in [3.05, 3.63) is 42.5 Å². The van der Waals surface area contributed by atoms with E-state index in [1.807, 2.05) is 6.92 Å². The minimum atomic E-state index is -1.89. The van der Waals surface area contributed by atoms with Crippen molar-refractivity contribution in [2.75, 3.05) is 21.3 Å². The number of carbonyl (C=O) groups is 1. The molecule has 0 amide bonds. The van der Waals surface area contributed by atoms with E-state index in [0.29, 0.717) is 30.1 Å². The molecule has 0 radical (unpaired) electrons. The molecule has 0 bridgehead atoms. The zero-order chi connectivity index (χ0) is 19.8. The second-order valence-electron chi connectivity index (χ2n) is 7.05. The third kappa shape index (κ3) is 2.66. The van der Waals surface area contributed by atoms with E-state index >= 15 is 0 Å². The first-order chi connectivity index (χ1) is 12.9. The summed E-state index contributed by atoms with van der Waals surface area (Å²) in [6.07, 6.45) is 5.40.